The van der Waals surface area contributed by atoms with Crippen molar-refractivity contribution in [1.82, 2.24) is 9.88 Å². The first kappa shape index (κ1) is 13.8. The van der Waals surface area contributed by atoms with Crippen molar-refractivity contribution in [2.75, 3.05) is 6.54 Å². The van der Waals surface area contributed by atoms with Crippen molar-refractivity contribution in [2.24, 2.45) is 0 Å². The Bertz CT molecular complexity index is 646. The van der Waals surface area contributed by atoms with E-state index in [4.69, 9.17) is 9.52 Å². The minimum atomic E-state index is -0.991. The van der Waals surface area contributed by atoms with Crippen molar-refractivity contribution < 1.29 is 19.1 Å². The van der Waals surface area contributed by atoms with Gasteiger partial charge in [0.2, 0.25) is 11.8 Å². The number of aliphatic carboxylic acids is 1. The van der Waals surface area contributed by atoms with Gasteiger partial charge in [-0.25, -0.2) is 4.98 Å². The van der Waals surface area contributed by atoms with Gasteiger partial charge in [-0.05, 0) is 24.3 Å². The number of aromatic nitrogens is 1. The Labute approximate surface area is 125 Å². The van der Waals surface area contributed by atoms with Gasteiger partial charge < -0.3 is 14.4 Å². The third kappa shape index (κ3) is 3.30. The molecule has 1 fully saturated rings. The molecule has 1 amide bonds. The normalized spacial score (nSPS) is 14.1. The third-order valence-electron chi connectivity index (χ3n) is 3.23. The molecule has 1 aliphatic carbocycles. The maximum atomic E-state index is 12.2. The fraction of sp³-hybridized carbons (Fsp3) is 0.357. The van der Waals surface area contributed by atoms with E-state index in [0.29, 0.717) is 11.6 Å². The van der Waals surface area contributed by atoms with E-state index >= 15 is 0 Å². The van der Waals surface area contributed by atoms with Crippen molar-refractivity contribution >= 4 is 23.2 Å². The van der Waals surface area contributed by atoms with E-state index in [1.54, 1.807) is 0 Å². The largest absolute Gasteiger partial charge is 0.480 e. The number of nitrogens with zero attached hydrogens (tertiary/aromatic N) is 2. The van der Waals surface area contributed by atoms with Crippen molar-refractivity contribution in [1.29, 1.82) is 0 Å². The fourth-order valence-corrected chi connectivity index (χ4v) is 2.77. The van der Waals surface area contributed by atoms with E-state index in [1.807, 2.05) is 17.5 Å². The molecule has 3 rings (SSSR count). The third-order valence-corrected chi connectivity index (χ3v) is 4.09. The predicted octanol–water partition coefficient (Wildman–Crippen LogP) is 2.02. The van der Waals surface area contributed by atoms with Crippen LogP contribution in [0.1, 0.15) is 18.5 Å². The van der Waals surface area contributed by atoms with E-state index in [9.17, 15) is 9.59 Å². The van der Waals surface area contributed by atoms with Gasteiger partial charge in [0.05, 0.1) is 17.0 Å². The van der Waals surface area contributed by atoms with Gasteiger partial charge in [0.25, 0.3) is 0 Å². The SMILES string of the molecule is O=C(O)CN(C(=O)Cc1coc(-c2cccs2)n1)C1CC1. The summed E-state index contributed by atoms with van der Waals surface area (Å²) in [4.78, 5) is 29.6. The Morgan fingerprint density at radius 3 is 2.90 bits per heavy atom. The average Bonchev–Trinajstić information content (AvgIpc) is 2.94. The molecule has 6 nitrogen and oxygen atoms in total. The number of hydrogen-bond acceptors (Lipinski definition) is 5. The van der Waals surface area contributed by atoms with Crippen LogP contribution >= 0.6 is 11.3 Å². The van der Waals surface area contributed by atoms with Gasteiger partial charge in [-0.3, -0.25) is 9.59 Å². The topological polar surface area (TPSA) is 83.6 Å². The molecule has 1 saturated carbocycles. The summed E-state index contributed by atoms with van der Waals surface area (Å²) in [5, 5.41) is 10.8. The van der Waals surface area contributed by atoms with Crippen LogP contribution in [-0.4, -0.2) is 39.5 Å². The molecule has 2 aromatic heterocycles. The van der Waals surface area contributed by atoms with E-state index in [1.165, 1.54) is 22.5 Å². The molecular weight excluding hydrogens is 292 g/mol. The molecule has 0 radical (unpaired) electrons. The second-order valence-electron chi connectivity index (χ2n) is 4.94. The van der Waals surface area contributed by atoms with Crippen LogP contribution in [0.4, 0.5) is 0 Å². The number of carboxylic acid groups (broad SMARTS) is 1. The molecule has 0 saturated heterocycles. The molecule has 7 heteroatoms. The lowest BCUT2D eigenvalue weighted by Crippen LogP contribution is -2.38. The van der Waals surface area contributed by atoms with Crippen LogP contribution in [0.5, 0.6) is 0 Å². The maximum Gasteiger partial charge on any atom is 0.323 e. The van der Waals surface area contributed by atoms with E-state index in [2.05, 4.69) is 4.98 Å². The van der Waals surface area contributed by atoms with E-state index < -0.39 is 5.97 Å². The quantitative estimate of drug-likeness (QED) is 0.882. The van der Waals surface area contributed by atoms with E-state index in [-0.39, 0.29) is 24.9 Å². The summed E-state index contributed by atoms with van der Waals surface area (Å²) in [7, 11) is 0. The van der Waals surface area contributed by atoms with Gasteiger partial charge in [0, 0.05) is 6.04 Å². The summed E-state index contributed by atoms with van der Waals surface area (Å²) < 4.78 is 5.36. The highest BCUT2D eigenvalue weighted by Gasteiger charge is 2.34. The summed E-state index contributed by atoms with van der Waals surface area (Å²) in [5.74, 6) is -0.718. The van der Waals surface area contributed by atoms with Crippen molar-refractivity contribution in [3.8, 4) is 10.8 Å². The van der Waals surface area contributed by atoms with Crippen molar-refractivity contribution in [2.45, 2.75) is 25.3 Å². The molecule has 0 spiro atoms. The summed E-state index contributed by atoms with van der Waals surface area (Å²) in [5.41, 5.74) is 0.527. The van der Waals surface area contributed by atoms with Crippen LogP contribution in [0, 0.1) is 0 Å². The van der Waals surface area contributed by atoms with Crippen LogP contribution in [0.15, 0.2) is 28.2 Å². The molecule has 1 aliphatic rings. The smallest absolute Gasteiger partial charge is 0.323 e. The number of oxazole rings is 1. The number of carboxylic acids is 1. The van der Waals surface area contributed by atoms with Crippen LogP contribution in [0.25, 0.3) is 10.8 Å². The summed E-state index contributed by atoms with van der Waals surface area (Å²) in [6.45, 7) is -0.251. The minimum Gasteiger partial charge on any atom is -0.480 e. The lowest BCUT2D eigenvalue weighted by Gasteiger charge is -2.19. The van der Waals surface area contributed by atoms with Crippen molar-refractivity contribution in [3.05, 3.63) is 29.5 Å². The first-order valence-corrected chi connectivity index (χ1v) is 7.51. The Morgan fingerprint density at radius 2 is 2.29 bits per heavy atom. The molecule has 0 bridgehead atoms. The summed E-state index contributed by atoms with van der Waals surface area (Å²) >= 11 is 1.51. The Balaban J connectivity index is 1.68. The zero-order valence-corrected chi connectivity index (χ0v) is 12.0. The van der Waals surface area contributed by atoms with Crippen LogP contribution < -0.4 is 0 Å². The fourth-order valence-electron chi connectivity index (χ4n) is 2.11. The minimum absolute atomic E-state index is 0.0669. The molecule has 0 unspecified atom stereocenters. The van der Waals surface area contributed by atoms with E-state index in [0.717, 1.165) is 17.7 Å². The maximum absolute atomic E-state index is 12.2. The zero-order valence-electron chi connectivity index (χ0n) is 11.2. The second-order valence-corrected chi connectivity index (χ2v) is 5.89. The standard InChI is InChI=1S/C14H14N2O4S/c17-12(16(7-13(18)19)10-3-4-10)6-9-8-20-14(15-9)11-2-1-5-21-11/h1-2,5,8,10H,3-4,6-7H2,(H,18,19). The summed E-state index contributed by atoms with van der Waals surface area (Å²) in [6, 6.07) is 3.86. The molecule has 2 heterocycles. The molecule has 0 atom stereocenters. The highest BCUT2D eigenvalue weighted by molar-refractivity contribution is 7.13. The number of amides is 1. The molecule has 2 aromatic rings. The van der Waals surface area contributed by atoms with Gasteiger partial charge in [-0.15, -0.1) is 11.3 Å². The molecule has 0 aliphatic heterocycles. The number of carbonyl (C=O) groups excluding carboxylic acids is 1. The summed E-state index contributed by atoms with van der Waals surface area (Å²) in [6.07, 6.45) is 3.27. The Kier molecular flexibility index (Phi) is 3.74. The van der Waals surface area contributed by atoms with Crippen LogP contribution in [-0.2, 0) is 16.0 Å². The monoisotopic (exact) mass is 306 g/mol. The lowest BCUT2D eigenvalue weighted by molar-refractivity contribution is -0.144. The highest BCUT2D eigenvalue weighted by atomic mass is 32.1. The van der Waals surface area contributed by atoms with Crippen LogP contribution in [0.3, 0.4) is 0 Å². The predicted molar refractivity (Wildman–Crippen MR) is 75.9 cm³/mol. The number of carbonyl (C=O) groups is 2. The van der Waals surface area contributed by atoms with Crippen LogP contribution in [0.2, 0.25) is 0 Å². The number of rotatable bonds is 6. The molecule has 1 N–H and O–H groups in total. The molecule has 0 aromatic carbocycles. The van der Waals surface area contributed by atoms with Gasteiger partial charge in [0.15, 0.2) is 0 Å². The first-order chi connectivity index (χ1) is 10.1. The lowest BCUT2D eigenvalue weighted by atomic mass is 10.3. The molecule has 110 valence electrons. The Morgan fingerprint density at radius 1 is 1.48 bits per heavy atom. The number of thiophene rings is 1. The van der Waals surface area contributed by atoms with Gasteiger partial charge in [0.1, 0.15) is 12.8 Å². The van der Waals surface area contributed by atoms with Gasteiger partial charge in [-0.2, -0.15) is 0 Å². The zero-order chi connectivity index (χ0) is 14.8. The number of hydrogen-bond donors (Lipinski definition) is 1. The molecular formula is C14H14N2O4S. The second kappa shape index (κ2) is 5.69. The first-order valence-electron chi connectivity index (χ1n) is 6.63. The Hall–Kier alpha value is -2.15. The average molecular weight is 306 g/mol. The van der Waals surface area contributed by atoms with Gasteiger partial charge >= 0.3 is 5.97 Å². The highest BCUT2D eigenvalue weighted by Crippen LogP contribution is 2.28. The van der Waals surface area contributed by atoms with Gasteiger partial charge in [-0.1, -0.05) is 6.07 Å². The molecule has 21 heavy (non-hydrogen) atoms. The van der Waals surface area contributed by atoms with Crippen molar-refractivity contribution in [3.63, 3.8) is 0 Å².